The van der Waals surface area contributed by atoms with Crippen molar-refractivity contribution in [1.29, 1.82) is 0 Å². The standard InChI is InChI=1S/C17H29N3O/c1-7-18-16(20-17(4,5)6)19-12-14-9-8-10-15(11-14)21-13(2)3/h8-11,13H,7,12H2,1-6H3,(H2,18,19,20). The highest BCUT2D eigenvalue weighted by Crippen LogP contribution is 2.15. The van der Waals surface area contributed by atoms with Gasteiger partial charge in [-0.05, 0) is 59.2 Å². The molecule has 0 heterocycles. The van der Waals surface area contributed by atoms with Crippen LogP contribution in [0.5, 0.6) is 5.75 Å². The molecule has 4 heteroatoms. The lowest BCUT2D eigenvalue weighted by atomic mass is 10.1. The Morgan fingerprint density at radius 3 is 2.57 bits per heavy atom. The van der Waals surface area contributed by atoms with Crippen molar-refractivity contribution in [3.05, 3.63) is 29.8 Å². The van der Waals surface area contributed by atoms with Crippen LogP contribution in [0.25, 0.3) is 0 Å². The first-order valence-electron chi connectivity index (χ1n) is 7.62. The third-order valence-corrected chi connectivity index (χ3v) is 2.53. The number of nitrogens with one attached hydrogen (secondary N) is 2. The maximum Gasteiger partial charge on any atom is 0.191 e. The van der Waals surface area contributed by atoms with Crippen LogP contribution in [0, 0.1) is 0 Å². The predicted molar refractivity (Wildman–Crippen MR) is 89.9 cm³/mol. The van der Waals surface area contributed by atoms with Gasteiger partial charge in [-0.3, -0.25) is 0 Å². The lowest BCUT2D eigenvalue weighted by molar-refractivity contribution is 0.242. The average Bonchev–Trinajstić information content (AvgIpc) is 2.34. The van der Waals surface area contributed by atoms with E-state index in [4.69, 9.17) is 4.74 Å². The van der Waals surface area contributed by atoms with Gasteiger partial charge in [0.25, 0.3) is 0 Å². The monoisotopic (exact) mass is 291 g/mol. The van der Waals surface area contributed by atoms with Gasteiger partial charge in [-0.15, -0.1) is 0 Å². The van der Waals surface area contributed by atoms with Crippen LogP contribution < -0.4 is 15.4 Å². The number of hydrogen-bond donors (Lipinski definition) is 2. The van der Waals surface area contributed by atoms with Gasteiger partial charge < -0.3 is 15.4 Å². The second-order valence-electron chi connectivity index (χ2n) is 6.38. The van der Waals surface area contributed by atoms with E-state index in [1.165, 1.54) is 0 Å². The molecule has 0 unspecified atom stereocenters. The Kier molecular flexibility index (Phi) is 6.53. The maximum absolute atomic E-state index is 5.71. The summed E-state index contributed by atoms with van der Waals surface area (Å²) >= 11 is 0. The fourth-order valence-electron chi connectivity index (χ4n) is 1.82. The van der Waals surface area contributed by atoms with Crippen LogP contribution in [0.2, 0.25) is 0 Å². The van der Waals surface area contributed by atoms with Crippen LogP contribution in [-0.2, 0) is 6.54 Å². The van der Waals surface area contributed by atoms with Crippen molar-refractivity contribution in [3.63, 3.8) is 0 Å². The van der Waals surface area contributed by atoms with Crippen LogP contribution >= 0.6 is 0 Å². The van der Waals surface area contributed by atoms with E-state index in [-0.39, 0.29) is 11.6 Å². The number of hydrogen-bond acceptors (Lipinski definition) is 2. The molecule has 0 atom stereocenters. The molecule has 2 N–H and O–H groups in total. The van der Waals surface area contributed by atoms with E-state index < -0.39 is 0 Å². The van der Waals surface area contributed by atoms with Gasteiger partial charge in [0.1, 0.15) is 5.75 Å². The van der Waals surface area contributed by atoms with Crippen molar-refractivity contribution in [1.82, 2.24) is 10.6 Å². The first-order valence-corrected chi connectivity index (χ1v) is 7.62. The van der Waals surface area contributed by atoms with Crippen LogP contribution in [0.4, 0.5) is 0 Å². The Morgan fingerprint density at radius 1 is 1.29 bits per heavy atom. The van der Waals surface area contributed by atoms with Gasteiger partial charge in [0.05, 0.1) is 12.6 Å². The molecular formula is C17H29N3O. The maximum atomic E-state index is 5.71. The minimum absolute atomic E-state index is 0.0103. The number of aliphatic imine (C=N–C) groups is 1. The number of ether oxygens (including phenoxy) is 1. The summed E-state index contributed by atoms with van der Waals surface area (Å²) in [6.45, 7) is 14.0. The first kappa shape index (κ1) is 17.3. The van der Waals surface area contributed by atoms with E-state index in [0.29, 0.717) is 6.54 Å². The molecule has 0 fully saturated rings. The van der Waals surface area contributed by atoms with Gasteiger partial charge in [-0.25, -0.2) is 4.99 Å². The van der Waals surface area contributed by atoms with E-state index in [0.717, 1.165) is 23.8 Å². The number of rotatable bonds is 5. The molecule has 0 radical (unpaired) electrons. The van der Waals surface area contributed by atoms with Crippen molar-refractivity contribution >= 4 is 5.96 Å². The lowest BCUT2D eigenvalue weighted by Gasteiger charge is -2.23. The molecule has 21 heavy (non-hydrogen) atoms. The summed E-state index contributed by atoms with van der Waals surface area (Å²) < 4.78 is 5.71. The molecule has 4 nitrogen and oxygen atoms in total. The molecule has 0 spiro atoms. The highest BCUT2D eigenvalue weighted by molar-refractivity contribution is 5.80. The molecule has 0 amide bonds. The minimum atomic E-state index is -0.0103. The topological polar surface area (TPSA) is 45.7 Å². The van der Waals surface area contributed by atoms with E-state index >= 15 is 0 Å². The Labute approximate surface area is 129 Å². The van der Waals surface area contributed by atoms with Crippen LogP contribution in [0.15, 0.2) is 29.3 Å². The summed E-state index contributed by atoms with van der Waals surface area (Å²) in [5.41, 5.74) is 1.13. The fraction of sp³-hybridized carbons (Fsp3) is 0.588. The zero-order valence-electron chi connectivity index (χ0n) is 14.2. The fourth-order valence-corrected chi connectivity index (χ4v) is 1.82. The zero-order chi connectivity index (χ0) is 15.9. The van der Waals surface area contributed by atoms with E-state index in [9.17, 15) is 0 Å². The molecule has 1 aromatic rings. The van der Waals surface area contributed by atoms with Gasteiger partial charge in [-0.2, -0.15) is 0 Å². The number of benzene rings is 1. The lowest BCUT2D eigenvalue weighted by Crippen LogP contribution is -2.47. The molecule has 0 saturated heterocycles. The minimum Gasteiger partial charge on any atom is -0.491 e. The average molecular weight is 291 g/mol. The molecule has 118 valence electrons. The summed E-state index contributed by atoms with van der Waals surface area (Å²) in [4.78, 5) is 4.63. The van der Waals surface area contributed by atoms with Crippen molar-refractivity contribution < 1.29 is 4.74 Å². The van der Waals surface area contributed by atoms with Crippen molar-refractivity contribution in [2.45, 2.75) is 59.7 Å². The Balaban J connectivity index is 2.75. The molecule has 0 aliphatic carbocycles. The normalized spacial score (nSPS) is 12.4. The van der Waals surface area contributed by atoms with Crippen LogP contribution in [-0.4, -0.2) is 24.1 Å². The van der Waals surface area contributed by atoms with Crippen molar-refractivity contribution in [3.8, 4) is 5.75 Å². The highest BCUT2D eigenvalue weighted by Gasteiger charge is 2.11. The van der Waals surface area contributed by atoms with Gasteiger partial charge in [0, 0.05) is 12.1 Å². The van der Waals surface area contributed by atoms with Crippen LogP contribution in [0.1, 0.15) is 47.1 Å². The highest BCUT2D eigenvalue weighted by atomic mass is 16.5. The molecule has 1 aromatic carbocycles. The summed E-state index contributed by atoms with van der Waals surface area (Å²) in [6.07, 6.45) is 0.184. The largest absolute Gasteiger partial charge is 0.491 e. The summed E-state index contributed by atoms with van der Waals surface area (Å²) in [7, 11) is 0. The van der Waals surface area contributed by atoms with E-state index in [1.54, 1.807) is 0 Å². The SMILES string of the molecule is CCNC(=NCc1cccc(OC(C)C)c1)NC(C)(C)C. The molecule has 0 saturated carbocycles. The molecule has 0 bridgehead atoms. The zero-order valence-corrected chi connectivity index (χ0v) is 14.2. The smallest absolute Gasteiger partial charge is 0.191 e. The van der Waals surface area contributed by atoms with Crippen molar-refractivity contribution in [2.24, 2.45) is 4.99 Å². The van der Waals surface area contributed by atoms with Gasteiger partial charge in [0.15, 0.2) is 5.96 Å². The van der Waals surface area contributed by atoms with Crippen molar-refractivity contribution in [2.75, 3.05) is 6.54 Å². The Morgan fingerprint density at radius 2 is 2.00 bits per heavy atom. The van der Waals surface area contributed by atoms with E-state index in [2.05, 4.69) is 49.4 Å². The first-order chi connectivity index (χ1) is 9.80. The second-order valence-corrected chi connectivity index (χ2v) is 6.38. The van der Waals surface area contributed by atoms with Crippen LogP contribution in [0.3, 0.4) is 0 Å². The molecule has 0 aliphatic heterocycles. The molecule has 1 rings (SSSR count). The quantitative estimate of drug-likeness (QED) is 0.646. The molecular weight excluding hydrogens is 262 g/mol. The molecule has 0 aliphatic rings. The van der Waals surface area contributed by atoms with E-state index in [1.807, 2.05) is 32.0 Å². The summed E-state index contributed by atoms with van der Waals surface area (Å²) in [5, 5.41) is 6.65. The Bertz CT molecular complexity index is 461. The third kappa shape index (κ3) is 7.59. The molecule has 0 aromatic heterocycles. The Hall–Kier alpha value is -1.71. The predicted octanol–water partition coefficient (Wildman–Crippen LogP) is 3.33. The van der Waals surface area contributed by atoms with Gasteiger partial charge >= 0.3 is 0 Å². The number of nitrogens with zero attached hydrogens (tertiary/aromatic N) is 1. The van der Waals surface area contributed by atoms with Gasteiger partial charge in [-0.1, -0.05) is 12.1 Å². The third-order valence-electron chi connectivity index (χ3n) is 2.53. The summed E-state index contributed by atoms with van der Waals surface area (Å²) in [6, 6.07) is 8.10. The van der Waals surface area contributed by atoms with Gasteiger partial charge in [0.2, 0.25) is 0 Å². The summed E-state index contributed by atoms with van der Waals surface area (Å²) in [5.74, 6) is 1.73. The number of guanidine groups is 1. The second kappa shape index (κ2) is 7.91.